The van der Waals surface area contributed by atoms with Gasteiger partial charge in [0.2, 0.25) is 0 Å². The van der Waals surface area contributed by atoms with Crippen LogP contribution in [0.1, 0.15) is 24.6 Å². The Bertz CT molecular complexity index is 343. The summed E-state index contributed by atoms with van der Waals surface area (Å²) in [6, 6.07) is 0. The number of rotatable bonds is 0. The minimum absolute atomic E-state index is 0.0477. The summed E-state index contributed by atoms with van der Waals surface area (Å²) in [5, 5.41) is 0. The molecule has 1 N–H and O–H groups in total. The summed E-state index contributed by atoms with van der Waals surface area (Å²) in [6.45, 7) is 2.18. The fourth-order valence-electron chi connectivity index (χ4n) is 1.72. The summed E-state index contributed by atoms with van der Waals surface area (Å²) in [6.07, 6.45) is 4.50. The van der Waals surface area contributed by atoms with Crippen molar-refractivity contribution in [3.05, 3.63) is 27.9 Å². The standard InChI is InChI=1S/C9H12N2O/c1-6-2-3-8-7(4-6)9(12)11-5-10-8/h5-6H,2-4H2,1H3,(H,10,11,12). The van der Waals surface area contributed by atoms with Crippen molar-refractivity contribution < 1.29 is 0 Å². The van der Waals surface area contributed by atoms with E-state index in [1.54, 1.807) is 0 Å². The van der Waals surface area contributed by atoms with E-state index in [2.05, 4.69) is 16.9 Å². The van der Waals surface area contributed by atoms with Crippen molar-refractivity contribution in [3.63, 3.8) is 0 Å². The molecule has 0 radical (unpaired) electrons. The van der Waals surface area contributed by atoms with Crippen molar-refractivity contribution in [1.82, 2.24) is 9.97 Å². The van der Waals surface area contributed by atoms with Crippen LogP contribution < -0.4 is 5.56 Å². The molecule has 12 heavy (non-hydrogen) atoms. The molecule has 0 aromatic carbocycles. The van der Waals surface area contributed by atoms with Crippen molar-refractivity contribution >= 4 is 0 Å². The predicted octanol–water partition coefficient (Wildman–Crippen LogP) is 0.895. The third-order valence-electron chi connectivity index (χ3n) is 2.46. The van der Waals surface area contributed by atoms with Crippen LogP contribution in [0, 0.1) is 5.92 Å². The van der Waals surface area contributed by atoms with Gasteiger partial charge in [-0.2, -0.15) is 0 Å². The van der Waals surface area contributed by atoms with Gasteiger partial charge in [-0.1, -0.05) is 6.92 Å². The summed E-state index contributed by atoms with van der Waals surface area (Å²) >= 11 is 0. The van der Waals surface area contributed by atoms with E-state index in [0.29, 0.717) is 5.92 Å². The lowest BCUT2D eigenvalue weighted by Crippen LogP contribution is -2.23. The number of hydrogen-bond acceptors (Lipinski definition) is 2. The van der Waals surface area contributed by atoms with Gasteiger partial charge in [-0.05, 0) is 25.2 Å². The highest BCUT2D eigenvalue weighted by Gasteiger charge is 2.18. The normalized spacial score (nSPS) is 21.9. The molecule has 1 aliphatic carbocycles. The Hall–Kier alpha value is -1.12. The molecule has 0 amide bonds. The van der Waals surface area contributed by atoms with E-state index in [1.165, 1.54) is 6.33 Å². The third-order valence-corrected chi connectivity index (χ3v) is 2.46. The Balaban J connectivity index is 2.50. The number of nitrogens with zero attached hydrogens (tertiary/aromatic N) is 1. The van der Waals surface area contributed by atoms with Crippen LogP contribution in [-0.4, -0.2) is 9.97 Å². The first-order valence-corrected chi connectivity index (χ1v) is 4.33. The molecule has 2 rings (SSSR count). The Morgan fingerprint density at radius 2 is 2.50 bits per heavy atom. The highest BCUT2D eigenvalue weighted by molar-refractivity contribution is 5.19. The van der Waals surface area contributed by atoms with E-state index in [0.717, 1.165) is 30.5 Å². The second-order valence-corrected chi connectivity index (χ2v) is 3.50. The number of aromatic nitrogens is 2. The van der Waals surface area contributed by atoms with Crippen LogP contribution in [0.2, 0.25) is 0 Å². The first-order chi connectivity index (χ1) is 5.77. The molecule has 0 fully saturated rings. The van der Waals surface area contributed by atoms with Gasteiger partial charge in [-0.3, -0.25) is 4.79 Å². The van der Waals surface area contributed by atoms with E-state index >= 15 is 0 Å². The van der Waals surface area contributed by atoms with Gasteiger partial charge < -0.3 is 4.98 Å². The number of hydrogen-bond donors (Lipinski definition) is 1. The number of aromatic amines is 1. The average Bonchev–Trinajstić information content (AvgIpc) is 2.07. The zero-order chi connectivity index (χ0) is 8.55. The van der Waals surface area contributed by atoms with Crippen LogP contribution in [0.25, 0.3) is 0 Å². The van der Waals surface area contributed by atoms with Crippen LogP contribution >= 0.6 is 0 Å². The van der Waals surface area contributed by atoms with Gasteiger partial charge in [0.15, 0.2) is 0 Å². The predicted molar refractivity (Wildman–Crippen MR) is 46.0 cm³/mol. The molecule has 1 aromatic rings. The lowest BCUT2D eigenvalue weighted by molar-refractivity contribution is 0.489. The second kappa shape index (κ2) is 2.73. The largest absolute Gasteiger partial charge is 0.313 e. The molecule has 3 nitrogen and oxygen atoms in total. The number of H-pyrrole nitrogens is 1. The molecular weight excluding hydrogens is 152 g/mol. The molecule has 0 saturated carbocycles. The minimum atomic E-state index is 0.0477. The van der Waals surface area contributed by atoms with Gasteiger partial charge in [0.1, 0.15) is 0 Å². The van der Waals surface area contributed by atoms with E-state index in [-0.39, 0.29) is 5.56 Å². The molecular formula is C9H12N2O. The van der Waals surface area contributed by atoms with Crippen LogP contribution in [0.5, 0.6) is 0 Å². The van der Waals surface area contributed by atoms with E-state index in [1.807, 2.05) is 0 Å². The smallest absolute Gasteiger partial charge is 0.254 e. The highest BCUT2D eigenvalue weighted by atomic mass is 16.1. The topological polar surface area (TPSA) is 45.8 Å². The van der Waals surface area contributed by atoms with Crippen molar-refractivity contribution in [2.24, 2.45) is 5.92 Å². The lowest BCUT2D eigenvalue weighted by Gasteiger charge is -2.18. The summed E-state index contributed by atoms with van der Waals surface area (Å²) in [5.41, 5.74) is 1.94. The van der Waals surface area contributed by atoms with Gasteiger partial charge in [-0.25, -0.2) is 4.98 Å². The third kappa shape index (κ3) is 1.15. The van der Waals surface area contributed by atoms with Crippen molar-refractivity contribution in [1.29, 1.82) is 0 Å². The zero-order valence-corrected chi connectivity index (χ0v) is 7.13. The summed E-state index contributed by atoms with van der Waals surface area (Å²) in [4.78, 5) is 18.1. The SMILES string of the molecule is CC1CCc2nc[nH]c(=O)c2C1. The molecule has 1 atom stereocenters. The summed E-state index contributed by atoms with van der Waals surface area (Å²) < 4.78 is 0. The Morgan fingerprint density at radius 3 is 3.33 bits per heavy atom. The highest BCUT2D eigenvalue weighted by Crippen LogP contribution is 2.19. The first-order valence-electron chi connectivity index (χ1n) is 4.33. The maximum atomic E-state index is 11.3. The molecule has 0 bridgehead atoms. The average molecular weight is 164 g/mol. The van der Waals surface area contributed by atoms with E-state index in [9.17, 15) is 4.79 Å². The molecule has 3 heteroatoms. The maximum absolute atomic E-state index is 11.3. The van der Waals surface area contributed by atoms with E-state index in [4.69, 9.17) is 0 Å². The second-order valence-electron chi connectivity index (χ2n) is 3.50. The quantitative estimate of drug-likeness (QED) is 0.619. The Labute approximate surface area is 70.9 Å². The van der Waals surface area contributed by atoms with Crippen LogP contribution in [-0.2, 0) is 12.8 Å². The lowest BCUT2D eigenvalue weighted by atomic mass is 9.89. The monoisotopic (exact) mass is 164 g/mol. The molecule has 0 aliphatic heterocycles. The van der Waals surface area contributed by atoms with Gasteiger partial charge in [0.05, 0.1) is 12.0 Å². The fraction of sp³-hybridized carbons (Fsp3) is 0.556. The number of nitrogens with one attached hydrogen (secondary N) is 1. The van der Waals surface area contributed by atoms with Crippen LogP contribution in [0.15, 0.2) is 11.1 Å². The van der Waals surface area contributed by atoms with Crippen molar-refractivity contribution in [2.75, 3.05) is 0 Å². The van der Waals surface area contributed by atoms with Gasteiger partial charge in [-0.15, -0.1) is 0 Å². The maximum Gasteiger partial charge on any atom is 0.254 e. The summed E-state index contributed by atoms with van der Waals surface area (Å²) in [5.74, 6) is 0.628. The van der Waals surface area contributed by atoms with Gasteiger partial charge in [0, 0.05) is 5.56 Å². The minimum Gasteiger partial charge on any atom is -0.313 e. The molecule has 1 aromatic heterocycles. The van der Waals surface area contributed by atoms with Crippen LogP contribution in [0.4, 0.5) is 0 Å². The summed E-state index contributed by atoms with van der Waals surface area (Å²) in [7, 11) is 0. The fourth-order valence-corrected chi connectivity index (χ4v) is 1.72. The molecule has 1 heterocycles. The Morgan fingerprint density at radius 1 is 1.67 bits per heavy atom. The zero-order valence-electron chi connectivity index (χ0n) is 7.13. The molecule has 1 unspecified atom stereocenters. The van der Waals surface area contributed by atoms with Crippen molar-refractivity contribution in [3.8, 4) is 0 Å². The van der Waals surface area contributed by atoms with Crippen LogP contribution in [0.3, 0.4) is 0 Å². The van der Waals surface area contributed by atoms with Gasteiger partial charge >= 0.3 is 0 Å². The van der Waals surface area contributed by atoms with E-state index < -0.39 is 0 Å². The first kappa shape index (κ1) is 7.53. The van der Waals surface area contributed by atoms with Crippen molar-refractivity contribution in [2.45, 2.75) is 26.2 Å². The molecule has 0 spiro atoms. The number of fused-ring (bicyclic) bond motifs is 1. The Kier molecular flexibility index (Phi) is 1.71. The number of aryl methyl sites for hydroxylation is 1. The molecule has 0 saturated heterocycles. The molecule has 64 valence electrons. The molecule has 1 aliphatic rings. The van der Waals surface area contributed by atoms with Gasteiger partial charge in [0.25, 0.3) is 5.56 Å².